The van der Waals surface area contributed by atoms with Crippen molar-refractivity contribution in [3.8, 4) is 0 Å². The average Bonchev–Trinajstić information content (AvgIpc) is 2.97. The van der Waals surface area contributed by atoms with Gasteiger partial charge in [-0.05, 0) is 84.2 Å². The van der Waals surface area contributed by atoms with Crippen LogP contribution in [0.2, 0.25) is 0 Å². The van der Waals surface area contributed by atoms with Gasteiger partial charge in [0.2, 0.25) is 0 Å². The number of carbonyl (C=O) groups is 3. The van der Waals surface area contributed by atoms with Crippen LogP contribution in [0, 0.1) is 17.8 Å². The molecule has 0 aliphatic carbocycles. The first-order valence-electron chi connectivity index (χ1n) is 15.8. The zero-order chi connectivity index (χ0) is 34.1. The Morgan fingerprint density at radius 2 is 0.844 bits per heavy atom. The molecule has 0 spiro atoms. The Labute approximate surface area is 269 Å². The van der Waals surface area contributed by atoms with Crippen molar-refractivity contribution in [3.63, 3.8) is 0 Å². The molecule has 45 heavy (non-hydrogen) atoms. The van der Waals surface area contributed by atoms with Crippen LogP contribution in [-0.2, 0) is 40.1 Å². The Morgan fingerprint density at radius 1 is 0.533 bits per heavy atom. The van der Waals surface area contributed by atoms with Gasteiger partial charge < -0.3 is 10.2 Å². The number of carboxylic acid groups (broad SMARTS) is 2. The van der Waals surface area contributed by atoms with Gasteiger partial charge in [0.05, 0.1) is 18.3 Å². The smallest absolute Gasteiger partial charge is 0.310 e. The van der Waals surface area contributed by atoms with E-state index in [2.05, 4.69) is 41.5 Å². The first-order valence-corrected chi connectivity index (χ1v) is 15.8. The zero-order valence-corrected chi connectivity index (χ0v) is 28.2. The van der Waals surface area contributed by atoms with Gasteiger partial charge in [0.25, 0.3) is 5.91 Å². The van der Waals surface area contributed by atoms with Gasteiger partial charge in [0.15, 0.2) is 0 Å². The molecule has 246 valence electrons. The van der Waals surface area contributed by atoms with Crippen LogP contribution in [0.3, 0.4) is 0 Å². The van der Waals surface area contributed by atoms with Crippen molar-refractivity contribution in [2.24, 2.45) is 17.8 Å². The number of amides is 1. The fraction of sp³-hybridized carbons (Fsp3) is 0.447. The second-order valence-corrected chi connectivity index (χ2v) is 12.9. The standard InChI is InChI=1S/C13H19NO2.C13H18O2.C12H16O2/c1-9(2)8-11-4-6-12(7-5-11)10(3)13(15)14-16;1-9(2)8-11-4-6-12(7-5-11)10(3)13(14)15;1-9(2)7-10-3-5-11(6-4-10)8-12(13)14/h4-7,9-10,16H,8H2,1-3H3,(H,14,15);4-7,9-10H,8H2,1-3H3,(H,14,15);3-6,9H,7-8H2,1-2H3,(H,13,14). The topological polar surface area (TPSA) is 124 Å². The molecule has 1 amide bonds. The van der Waals surface area contributed by atoms with Crippen LogP contribution in [0.25, 0.3) is 0 Å². The van der Waals surface area contributed by atoms with Gasteiger partial charge in [-0.15, -0.1) is 0 Å². The average molecular weight is 620 g/mol. The highest BCUT2D eigenvalue weighted by molar-refractivity contribution is 5.82. The highest BCUT2D eigenvalue weighted by atomic mass is 16.5. The highest BCUT2D eigenvalue weighted by Gasteiger charge is 2.14. The molecule has 0 heterocycles. The molecule has 3 rings (SSSR count). The number of hydrogen-bond donors (Lipinski definition) is 4. The summed E-state index contributed by atoms with van der Waals surface area (Å²) in [6.45, 7) is 16.5. The molecule has 3 aromatic carbocycles. The molecule has 0 aromatic heterocycles. The minimum absolute atomic E-state index is 0.113. The van der Waals surface area contributed by atoms with Gasteiger partial charge in [0, 0.05) is 0 Å². The number of hydroxylamine groups is 1. The molecular weight excluding hydrogens is 566 g/mol. The Hall–Kier alpha value is -3.97. The summed E-state index contributed by atoms with van der Waals surface area (Å²) in [5.74, 6) is -0.766. The van der Waals surface area contributed by atoms with E-state index >= 15 is 0 Å². The molecular formula is C38H53NO6. The summed E-state index contributed by atoms with van der Waals surface area (Å²) in [5.41, 5.74) is 8.14. The minimum atomic E-state index is -0.776. The lowest BCUT2D eigenvalue weighted by atomic mass is 9.96. The van der Waals surface area contributed by atoms with Crippen LogP contribution < -0.4 is 5.48 Å². The SMILES string of the molecule is CC(C)Cc1ccc(C(C)C(=O)NO)cc1.CC(C)Cc1ccc(C(C)C(=O)O)cc1.CC(C)Cc1ccc(CC(=O)O)cc1. The molecule has 2 atom stereocenters. The molecule has 2 unspecified atom stereocenters. The predicted octanol–water partition coefficient (Wildman–Crippen LogP) is 8.08. The van der Waals surface area contributed by atoms with Crippen molar-refractivity contribution in [1.82, 2.24) is 5.48 Å². The van der Waals surface area contributed by atoms with E-state index in [-0.39, 0.29) is 18.2 Å². The number of hydrogen-bond acceptors (Lipinski definition) is 4. The van der Waals surface area contributed by atoms with Crippen molar-refractivity contribution < 1.29 is 29.8 Å². The van der Waals surface area contributed by atoms with Crippen LogP contribution in [-0.4, -0.2) is 33.3 Å². The van der Waals surface area contributed by atoms with E-state index in [0.29, 0.717) is 17.8 Å². The predicted molar refractivity (Wildman–Crippen MR) is 181 cm³/mol. The number of benzene rings is 3. The molecule has 0 aliphatic rings. The maximum Gasteiger partial charge on any atom is 0.310 e. The first kappa shape index (κ1) is 39.1. The third-order valence-electron chi connectivity index (χ3n) is 7.14. The van der Waals surface area contributed by atoms with E-state index in [1.165, 1.54) is 16.7 Å². The van der Waals surface area contributed by atoms with Crippen molar-refractivity contribution in [2.75, 3.05) is 0 Å². The number of carboxylic acids is 2. The monoisotopic (exact) mass is 619 g/mol. The summed E-state index contributed by atoms with van der Waals surface area (Å²) in [5, 5.41) is 26.0. The molecule has 0 saturated heterocycles. The van der Waals surface area contributed by atoms with E-state index in [0.717, 1.165) is 36.0 Å². The third kappa shape index (κ3) is 16.1. The number of rotatable bonds is 12. The number of carbonyl (C=O) groups excluding carboxylic acids is 1. The van der Waals surface area contributed by atoms with Gasteiger partial charge >= 0.3 is 11.9 Å². The minimum Gasteiger partial charge on any atom is -0.481 e. The lowest BCUT2D eigenvalue weighted by Crippen LogP contribution is -2.24. The van der Waals surface area contributed by atoms with E-state index in [1.807, 2.05) is 72.8 Å². The van der Waals surface area contributed by atoms with E-state index in [9.17, 15) is 14.4 Å². The fourth-order valence-electron chi connectivity index (χ4n) is 4.66. The van der Waals surface area contributed by atoms with Gasteiger partial charge in [-0.25, -0.2) is 5.48 Å². The van der Waals surface area contributed by atoms with Gasteiger partial charge in [-0.1, -0.05) is 114 Å². The molecule has 7 nitrogen and oxygen atoms in total. The zero-order valence-electron chi connectivity index (χ0n) is 28.2. The van der Waals surface area contributed by atoms with Crippen molar-refractivity contribution >= 4 is 17.8 Å². The second-order valence-electron chi connectivity index (χ2n) is 12.9. The molecule has 0 bridgehead atoms. The van der Waals surface area contributed by atoms with Crippen molar-refractivity contribution in [2.45, 2.75) is 92.9 Å². The molecule has 4 N–H and O–H groups in total. The maximum absolute atomic E-state index is 11.2. The summed E-state index contributed by atoms with van der Waals surface area (Å²) in [7, 11) is 0. The quantitative estimate of drug-likeness (QED) is 0.120. The summed E-state index contributed by atoms with van der Waals surface area (Å²) in [4.78, 5) is 32.4. The molecule has 0 aliphatic heterocycles. The maximum atomic E-state index is 11.2. The molecule has 0 radical (unpaired) electrons. The summed E-state index contributed by atoms with van der Waals surface area (Å²) in [6, 6.07) is 23.6. The van der Waals surface area contributed by atoms with Crippen LogP contribution >= 0.6 is 0 Å². The molecule has 3 aromatic rings. The number of aliphatic carboxylic acids is 2. The van der Waals surface area contributed by atoms with Crippen molar-refractivity contribution in [1.29, 1.82) is 0 Å². The molecule has 0 fully saturated rings. The van der Waals surface area contributed by atoms with Gasteiger partial charge in [-0.2, -0.15) is 0 Å². The van der Waals surface area contributed by atoms with E-state index in [1.54, 1.807) is 19.3 Å². The molecule has 0 saturated carbocycles. The van der Waals surface area contributed by atoms with Gasteiger partial charge in [0.1, 0.15) is 0 Å². The Morgan fingerprint density at radius 3 is 1.13 bits per heavy atom. The van der Waals surface area contributed by atoms with Gasteiger partial charge in [-0.3, -0.25) is 19.6 Å². The van der Waals surface area contributed by atoms with Crippen molar-refractivity contribution in [3.05, 3.63) is 106 Å². The lowest BCUT2D eigenvalue weighted by Gasteiger charge is -2.11. The van der Waals surface area contributed by atoms with E-state index < -0.39 is 17.9 Å². The summed E-state index contributed by atoms with van der Waals surface area (Å²) in [6.07, 6.45) is 3.25. The van der Waals surface area contributed by atoms with Crippen LogP contribution in [0.4, 0.5) is 0 Å². The fourth-order valence-corrected chi connectivity index (χ4v) is 4.66. The van der Waals surface area contributed by atoms with Crippen LogP contribution in [0.5, 0.6) is 0 Å². The Balaban J connectivity index is 0.000000338. The van der Waals surface area contributed by atoms with Crippen LogP contribution in [0.15, 0.2) is 72.8 Å². The summed E-state index contributed by atoms with van der Waals surface area (Å²) >= 11 is 0. The second kappa shape index (κ2) is 20.1. The molecule has 7 heteroatoms. The first-order chi connectivity index (χ1) is 21.1. The normalized spacial score (nSPS) is 12.0. The lowest BCUT2D eigenvalue weighted by molar-refractivity contribution is -0.138. The third-order valence-corrected chi connectivity index (χ3v) is 7.14. The Bertz CT molecular complexity index is 1300. The summed E-state index contributed by atoms with van der Waals surface area (Å²) < 4.78 is 0. The van der Waals surface area contributed by atoms with E-state index in [4.69, 9.17) is 15.4 Å². The van der Waals surface area contributed by atoms with Crippen LogP contribution in [0.1, 0.15) is 101 Å². The largest absolute Gasteiger partial charge is 0.481 e. The Kier molecular flexibility index (Phi) is 17.5. The highest BCUT2D eigenvalue weighted by Crippen LogP contribution is 2.18. The number of nitrogens with one attached hydrogen (secondary N) is 1.